The molecule has 36 heavy (non-hydrogen) atoms. The quantitative estimate of drug-likeness (QED) is 0.439. The molecule has 1 aliphatic heterocycles. The Morgan fingerprint density at radius 1 is 1.28 bits per heavy atom. The lowest BCUT2D eigenvalue weighted by Gasteiger charge is -2.22. The third-order valence-electron chi connectivity index (χ3n) is 6.82. The van der Waals surface area contributed by atoms with Crippen molar-refractivity contribution in [3.63, 3.8) is 0 Å². The molecule has 1 saturated carbocycles. The van der Waals surface area contributed by atoms with Crippen LogP contribution >= 0.6 is 0 Å². The van der Waals surface area contributed by atoms with Crippen molar-refractivity contribution in [2.45, 2.75) is 44.9 Å². The number of nitrogen functional groups attached to an aromatic ring is 1. The standard InChI is InChI=1S/C26H27N7O3/c1-14-22-19(13-36-14)18-7-4-15(8-20(18)30-23(22)27)11-33(21-12-32(2)31-25(21)35-3)26(34)17-9-28-24(29-10-17)16-5-6-16/h4,7-10,12,14,16H,5-6,11,13H2,1-3H3,(H2,27,30). The fourth-order valence-electron chi connectivity index (χ4n) is 4.81. The van der Waals surface area contributed by atoms with E-state index < -0.39 is 0 Å². The first-order valence-electron chi connectivity index (χ1n) is 12.0. The molecule has 1 atom stereocenters. The van der Waals surface area contributed by atoms with Gasteiger partial charge in [0.2, 0.25) is 0 Å². The number of ether oxygens (including phenoxy) is 2. The first-order chi connectivity index (χ1) is 17.4. The van der Waals surface area contributed by atoms with Crippen LogP contribution < -0.4 is 15.4 Å². The second-order valence-corrected chi connectivity index (χ2v) is 9.39. The van der Waals surface area contributed by atoms with Crippen LogP contribution in [0.15, 0.2) is 36.8 Å². The van der Waals surface area contributed by atoms with Crippen LogP contribution in [0, 0.1) is 0 Å². The van der Waals surface area contributed by atoms with Gasteiger partial charge in [-0.25, -0.2) is 15.0 Å². The van der Waals surface area contributed by atoms with Crippen molar-refractivity contribution in [3.8, 4) is 5.88 Å². The number of amides is 1. The lowest BCUT2D eigenvalue weighted by atomic mass is 10.0. The van der Waals surface area contributed by atoms with Gasteiger partial charge < -0.3 is 15.2 Å². The minimum atomic E-state index is -0.243. The van der Waals surface area contributed by atoms with Crippen molar-refractivity contribution in [2.24, 2.45) is 7.05 Å². The molecule has 1 unspecified atom stereocenters. The number of hydrogen-bond acceptors (Lipinski definition) is 8. The van der Waals surface area contributed by atoms with Crippen LogP contribution in [0.1, 0.15) is 64.7 Å². The number of methoxy groups -OCH3 is 1. The summed E-state index contributed by atoms with van der Waals surface area (Å²) >= 11 is 0. The van der Waals surface area contributed by atoms with Crippen molar-refractivity contribution >= 4 is 28.3 Å². The molecule has 0 spiro atoms. The van der Waals surface area contributed by atoms with Gasteiger partial charge in [-0.15, -0.1) is 5.10 Å². The van der Waals surface area contributed by atoms with E-state index in [4.69, 9.17) is 15.2 Å². The molecule has 10 nitrogen and oxygen atoms in total. The molecule has 2 aliphatic rings. The lowest BCUT2D eigenvalue weighted by molar-refractivity contribution is 0.0801. The van der Waals surface area contributed by atoms with Gasteiger partial charge in [0, 0.05) is 36.3 Å². The smallest absolute Gasteiger partial charge is 0.261 e. The number of rotatable bonds is 6. The van der Waals surface area contributed by atoms with Gasteiger partial charge >= 0.3 is 0 Å². The van der Waals surface area contributed by atoms with Gasteiger partial charge in [0.15, 0.2) is 0 Å². The summed E-state index contributed by atoms with van der Waals surface area (Å²) in [6, 6.07) is 5.98. The molecule has 0 saturated heterocycles. The van der Waals surface area contributed by atoms with Crippen LogP contribution in [0.25, 0.3) is 10.9 Å². The second-order valence-electron chi connectivity index (χ2n) is 9.39. The number of pyridine rings is 1. The Bertz CT molecular complexity index is 1480. The molecule has 2 N–H and O–H groups in total. The van der Waals surface area contributed by atoms with Crippen LogP contribution in [0.2, 0.25) is 0 Å². The van der Waals surface area contributed by atoms with Gasteiger partial charge in [-0.3, -0.25) is 14.4 Å². The highest BCUT2D eigenvalue weighted by Gasteiger charge is 2.29. The zero-order chi connectivity index (χ0) is 25.0. The van der Waals surface area contributed by atoms with Crippen LogP contribution in [-0.2, 0) is 24.9 Å². The summed E-state index contributed by atoms with van der Waals surface area (Å²) in [7, 11) is 3.32. The Morgan fingerprint density at radius 2 is 2.06 bits per heavy atom. The summed E-state index contributed by atoms with van der Waals surface area (Å²) in [5.41, 5.74) is 10.9. The van der Waals surface area contributed by atoms with E-state index in [0.717, 1.165) is 46.3 Å². The topological polar surface area (TPSA) is 121 Å². The fourth-order valence-corrected chi connectivity index (χ4v) is 4.81. The second kappa shape index (κ2) is 8.56. The first-order valence-corrected chi connectivity index (χ1v) is 12.0. The van der Waals surface area contributed by atoms with Crippen molar-refractivity contribution in [1.29, 1.82) is 0 Å². The molecule has 1 fully saturated rings. The maximum atomic E-state index is 13.7. The SMILES string of the molecule is COc1nn(C)cc1N(Cc1ccc2c3c(c(N)nc2c1)C(C)OC3)C(=O)c1cnc(C2CC2)nc1. The number of anilines is 2. The molecule has 184 valence electrons. The number of aryl methyl sites for hydroxylation is 1. The van der Waals surface area contributed by atoms with Crippen LogP contribution in [0.5, 0.6) is 5.88 Å². The Labute approximate surface area is 208 Å². The molecule has 4 aromatic rings. The number of carbonyl (C=O) groups is 1. The molecule has 1 amide bonds. The highest BCUT2D eigenvalue weighted by atomic mass is 16.5. The maximum absolute atomic E-state index is 13.7. The average molecular weight is 486 g/mol. The van der Waals surface area contributed by atoms with Gasteiger partial charge in [0.1, 0.15) is 17.3 Å². The minimum absolute atomic E-state index is 0.0729. The van der Waals surface area contributed by atoms with E-state index in [2.05, 4.69) is 20.1 Å². The number of nitrogens with two attached hydrogens (primary N) is 1. The number of aromatic nitrogens is 5. The number of carbonyl (C=O) groups excluding carboxylic acids is 1. The van der Waals surface area contributed by atoms with Gasteiger partial charge in [0.05, 0.1) is 43.6 Å². The highest BCUT2D eigenvalue weighted by Crippen LogP contribution is 2.39. The summed E-state index contributed by atoms with van der Waals surface area (Å²) in [5, 5.41) is 5.36. The average Bonchev–Trinajstić information content (AvgIpc) is 3.56. The molecule has 6 rings (SSSR count). The van der Waals surface area contributed by atoms with Crippen molar-refractivity contribution in [3.05, 3.63) is 64.9 Å². The molecule has 0 radical (unpaired) electrons. The van der Waals surface area contributed by atoms with E-state index in [-0.39, 0.29) is 18.6 Å². The molecular weight excluding hydrogens is 458 g/mol. The van der Waals surface area contributed by atoms with Gasteiger partial charge in [-0.05, 0) is 37.0 Å². The first kappa shape index (κ1) is 22.4. The summed E-state index contributed by atoms with van der Waals surface area (Å²) in [6.45, 7) is 2.76. The molecule has 10 heteroatoms. The summed E-state index contributed by atoms with van der Waals surface area (Å²) in [5.74, 6) is 1.80. The van der Waals surface area contributed by atoms with Crippen LogP contribution in [-0.4, -0.2) is 37.7 Å². The molecule has 1 aliphatic carbocycles. The largest absolute Gasteiger partial charge is 0.478 e. The Kier molecular flexibility index (Phi) is 5.33. The van der Waals surface area contributed by atoms with E-state index in [1.54, 1.807) is 35.2 Å². The highest BCUT2D eigenvalue weighted by molar-refractivity contribution is 6.06. The predicted molar refractivity (Wildman–Crippen MR) is 134 cm³/mol. The molecule has 1 aromatic carbocycles. The Morgan fingerprint density at radius 3 is 2.78 bits per heavy atom. The summed E-state index contributed by atoms with van der Waals surface area (Å²) in [4.78, 5) is 28.9. The summed E-state index contributed by atoms with van der Waals surface area (Å²) < 4.78 is 12.9. The van der Waals surface area contributed by atoms with Gasteiger partial charge in [-0.1, -0.05) is 12.1 Å². The van der Waals surface area contributed by atoms with E-state index in [0.29, 0.717) is 35.5 Å². The lowest BCUT2D eigenvalue weighted by Crippen LogP contribution is -2.31. The number of nitrogens with zero attached hydrogens (tertiary/aromatic N) is 6. The van der Waals surface area contributed by atoms with E-state index in [9.17, 15) is 4.79 Å². The zero-order valence-electron chi connectivity index (χ0n) is 20.4. The molecule has 0 bridgehead atoms. The van der Waals surface area contributed by atoms with Crippen molar-refractivity contribution < 1.29 is 14.3 Å². The van der Waals surface area contributed by atoms with Crippen molar-refractivity contribution in [1.82, 2.24) is 24.7 Å². The van der Waals surface area contributed by atoms with E-state index in [1.807, 2.05) is 25.1 Å². The number of benzene rings is 1. The molecular formula is C26H27N7O3. The van der Waals surface area contributed by atoms with Gasteiger partial charge in [-0.2, -0.15) is 0 Å². The Balaban J connectivity index is 1.38. The van der Waals surface area contributed by atoms with Crippen LogP contribution in [0.3, 0.4) is 0 Å². The van der Waals surface area contributed by atoms with E-state index >= 15 is 0 Å². The minimum Gasteiger partial charge on any atom is -0.478 e. The molecule has 4 heterocycles. The fraction of sp³-hybridized carbons (Fsp3) is 0.346. The summed E-state index contributed by atoms with van der Waals surface area (Å²) in [6.07, 6.45) is 7.09. The predicted octanol–water partition coefficient (Wildman–Crippen LogP) is 3.66. The third-order valence-corrected chi connectivity index (χ3v) is 6.82. The normalized spacial score (nSPS) is 16.8. The Hall–Kier alpha value is -4.05. The molecule has 3 aromatic heterocycles. The van der Waals surface area contributed by atoms with Gasteiger partial charge in [0.25, 0.3) is 11.8 Å². The maximum Gasteiger partial charge on any atom is 0.261 e. The van der Waals surface area contributed by atoms with E-state index in [1.165, 1.54) is 7.11 Å². The monoisotopic (exact) mass is 485 g/mol. The zero-order valence-corrected chi connectivity index (χ0v) is 20.4. The van der Waals surface area contributed by atoms with Crippen LogP contribution in [0.4, 0.5) is 11.5 Å². The number of fused-ring (bicyclic) bond motifs is 3. The number of hydrogen-bond donors (Lipinski definition) is 1. The van der Waals surface area contributed by atoms with Crippen molar-refractivity contribution in [2.75, 3.05) is 17.7 Å². The third kappa shape index (κ3) is 3.83.